The zero-order valence-corrected chi connectivity index (χ0v) is 10.1. The molecule has 1 aromatic carbocycles. The molecule has 3 heteroatoms. The molecule has 1 aromatic rings. The molecule has 16 heavy (non-hydrogen) atoms. The van der Waals surface area contributed by atoms with Gasteiger partial charge in [-0.05, 0) is 25.5 Å². The standard InChI is InChI=1S/C13H20O3/c1-4-16-10(2)12(14)9-11-7-5-6-8-13(11)15-3/h5-8,10,12,14H,4,9H2,1-3H3. The van der Waals surface area contributed by atoms with Crippen molar-refractivity contribution >= 4 is 0 Å². The van der Waals surface area contributed by atoms with Crippen LogP contribution in [0.4, 0.5) is 0 Å². The maximum Gasteiger partial charge on any atom is 0.122 e. The summed E-state index contributed by atoms with van der Waals surface area (Å²) in [4.78, 5) is 0. The highest BCUT2D eigenvalue weighted by atomic mass is 16.5. The molecule has 3 nitrogen and oxygen atoms in total. The molecule has 0 heterocycles. The molecule has 0 fully saturated rings. The van der Waals surface area contributed by atoms with E-state index in [9.17, 15) is 5.11 Å². The maximum atomic E-state index is 9.94. The molecule has 0 saturated carbocycles. The third kappa shape index (κ3) is 3.51. The van der Waals surface area contributed by atoms with E-state index in [1.165, 1.54) is 0 Å². The Bertz CT molecular complexity index is 312. The van der Waals surface area contributed by atoms with E-state index in [2.05, 4.69) is 0 Å². The SMILES string of the molecule is CCOC(C)C(O)Cc1ccccc1OC. The predicted molar refractivity (Wildman–Crippen MR) is 63.8 cm³/mol. The first kappa shape index (κ1) is 13.0. The summed E-state index contributed by atoms with van der Waals surface area (Å²) in [5, 5.41) is 9.94. The van der Waals surface area contributed by atoms with Crippen molar-refractivity contribution in [2.75, 3.05) is 13.7 Å². The number of methoxy groups -OCH3 is 1. The van der Waals surface area contributed by atoms with Crippen LogP contribution in [-0.2, 0) is 11.2 Å². The highest BCUT2D eigenvalue weighted by molar-refractivity contribution is 5.33. The topological polar surface area (TPSA) is 38.7 Å². The van der Waals surface area contributed by atoms with Gasteiger partial charge >= 0.3 is 0 Å². The van der Waals surface area contributed by atoms with Crippen LogP contribution in [0.15, 0.2) is 24.3 Å². The largest absolute Gasteiger partial charge is 0.496 e. The van der Waals surface area contributed by atoms with Gasteiger partial charge in [-0.15, -0.1) is 0 Å². The first-order valence-corrected chi connectivity index (χ1v) is 5.60. The minimum atomic E-state index is -0.503. The van der Waals surface area contributed by atoms with E-state index in [0.29, 0.717) is 13.0 Å². The van der Waals surface area contributed by atoms with Crippen LogP contribution in [0.2, 0.25) is 0 Å². The maximum absolute atomic E-state index is 9.94. The summed E-state index contributed by atoms with van der Waals surface area (Å²) in [6, 6.07) is 7.71. The predicted octanol–water partition coefficient (Wildman–Crippen LogP) is 2.02. The average molecular weight is 224 g/mol. The molecule has 0 aromatic heterocycles. The molecule has 2 atom stereocenters. The van der Waals surface area contributed by atoms with Crippen molar-refractivity contribution in [1.82, 2.24) is 0 Å². The van der Waals surface area contributed by atoms with Crippen molar-refractivity contribution < 1.29 is 14.6 Å². The highest BCUT2D eigenvalue weighted by Crippen LogP contribution is 2.20. The van der Waals surface area contributed by atoms with Gasteiger partial charge in [0.1, 0.15) is 5.75 Å². The lowest BCUT2D eigenvalue weighted by Gasteiger charge is -2.19. The van der Waals surface area contributed by atoms with Crippen LogP contribution >= 0.6 is 0 Å². The molecule has 0 radical (unpaired) electrons. The fraction of sp³-hybridized carbons (Fsp3) is 0.538. The van der Waals surface area contributed by atoms with Gasteiger partial charge in [-0.1, -0.05) is 18.2 Å². The number of para-hydroxylation sites is 1. The number of ether oxygens (including phenoxy) is 2. The Morgan fingerprint density at radius 1 is 1.31 bits per heavy atom. The molecule has 0 saturated heterocycles. The highest BCUT2D eigenvalue weighted by Gasteiger charge is 2.16. The Labute approximate surface area is 97.0 Å². The molecular formula is C13H20O3. The number of rotatable bonds is 6. The van der Waals surface area contributed by atoms with Crippen LogP contribution in [0, 0.1) is 0 Å². The van der Waals surface area contributed by atoms with E-state index in [0.717, 1.165) is 11.3 Å². The van der Waals surface area contributed by atoms with Crippen molar-refractivity contribution in [2.45, 2.75) is 32.5 Å². The van der Waals surface area contributed by atoms with Gasteiger partial charge in [0.25, 0.3) is 0 Å². The number of aliphatic hydroxyl groups is 1. The monoisotopic (exact) mass is 224 g/mol. The summed E-state index contributed by atoms with van der Waals surface area (Å²) in [7, 11) is 1.64. The van der Waals surface area contributed by atoms with Crippen LogP contribution < -0.4 is 4.74 Å². The molecule has 0 spiro atoms. The van der Waals surface area contributed by atoms with E-state index < -0.39 is 6.10 Å². The van der Waals surface area contributed by atoms with Crippen LogP contribution in [0.1, 0.15) is 19.4 Å². The Morgan fingerprint density at radius 3 is 2.62 bits per heavy atom. The van der Waals surface area contributed by atoms with Crippen molar-refractivity contribution in [2.24, 2.45) is 0 Å². The van der Waals surface area contributed by atoms with Crippen LogP contribution in [0.5, 0.6) is 5.75 Å². The summed E-state index contributed by atoms with van der Waals surface area (Å²) in [5.74, 6) is 0.810. The van der Waals surface area contributed by atoms with Crippen LogP contribution in [-0.4, -0.2) is 31.0 Å². The summed E-state index contributed by atoms with van der Waals surface area (Å²) in [6.07, 6.45) is -0.114. The van der Waals surface area contributed by atoms with Gasteiger partial charge in [0, 0.05) is 13.0 Å². The van der Waals surface area contributed by atoms with Gasteiger partial charge < -0.3 is 14.6 Å². The minimum Gasteiger partial charge on any atom is -0.496 e. The molecule has 0 amide bonds. The lowest BCUT2D eigenvalue weighted by molar-refractivity contribution is -0.0209. The Balaban J connectivity index is 2.64. The zero-order valence-electron chi connectivity index (χ0n) is 10.1. The van der Waals surface area contributed by atoms with Crippen LogP contribution in [0.3, 0.4) is 0 Å². The fourth-order valence-corrected chi connectivity index (χ4v) is 1.64. The van der Waals surface area contributed by atoms with Gasteiger partial charge in [-0.2, -0.15) is 0 Å². The van der Waals surface area contributed by atoms with Gasteiger partial charge in [0.05, 0.1) is 19.3 Å². The molecule has 90 valence electrons. The quantitative estimate of drug-likeness (QED) is 0.803. The number of benzene rings is 1. The Hall–Kier alpha value is -1.06. The summed E-state index contributed by atoms with van der Waals surface area (Å²) < 4.78 is 10.6. The molecule has 0 aliphatic heterocycles. The van der Waals surface area contributed by atoms with E-state index in [1.54, 1.807) is 7.11 Å². The van der Waals surface area contributed by atoms with Crippen molar-refractivity contribution in [3.05, 3.63) is 29.8 Å². The lowest BCUT2D eigenvalue weighted by Crippen LogP contribution is -2.28. The second kappa shape index (κ2) is 6.51. The van der Waals surface area contributed by atoms with Crippen molar-refractivity contribution in [3.63, 3.8) is 0 Å². The van der Waals surface area contributed by atoms with Crippen LogP contribution in [0.25, 0.3) is 0 Å². The number of hydrogen-bond donors (Lipinski definition) is 1. The molecule has 1 N–H and O–H groups in total. The molecular weight excluding hydrogens is 204 g/mol. The summed E-state index contributed by atoms with van der Waals surface area (Å²) in [6.45, 7) is 4.42. The first-order valence-electron chi connectivity index (χ1n) is 5.60. The van der Waals surface area contributed by atoms with Gasteiger partial charge in [-0.25, -0.2) is 0 Å². The Morgan fingerprint density at radius 2 is 2.00 bits per heavy atom. The zero-order chi connectivity index (χ0) is 12.0. The van der Waals surface area contributed by atoms with Gasteiger partial charge in [0.2, 0.25) is 0 Å². The first-order chi connectivity index (χ1) is 7.69. The van der Waals surface area contributed by atoms with E-state index >= 15 is 0 Å². The summed E-state index contributed by atoms with van der Waals surface area (Å²) in [5.41, 5.74) is 1.00. The van der Waals surface area contributed by atoms with Crippen molar-refractivity contribution in [3.8, 4) is 5.75 Å². The number of hydrogen-bond acceptors (Lipinski definition) is 3. The molecule has 0 aliphatic carbocycles. The minimum absolute atomic E-state index is 0.157. The molecule has 1 rings (SSSR count). The Kier molecular flexibility index (Phi) is 5.29. The van der Waals surface area contributed by atoms with E-state index in [-0.39, 0.29) is 6.10 Å². The lowest BCUT2D eigenvalue weighted by atomic mass is 10.0. The normalized spacial score (nSPS) is 14.5. The van der Waals surface area contributed by atoms with Gasteiger partial charge in [-0.3, -0.25) is 0 Å². The van der Waals surface area contributed by atoms with E-state index in [1.807, 2.05) is 38.1 Å². The molecule has 2 unspecified atom stereocenters. The fourth-order valence-electron chi connectivity index (χ4n) is 1.64. The average Bonchev–Trinajstić information content (AvgIpc) is 2.30. The second-order valence-corrected chi connectivity index (χ2v) is 3.74. The third-order valence-electron chi connectivity index (χ3n) is 2.59. The molecule has 0 bridgehead atoms. The molecule has 0 aliphatic rings. The van der Waals surface area contributed by atoms with Gasteiger partial charge in [0.15, 0.2) is 0 Å². The van der Waals surface area contributed by atoms with E-state index in [4.69, 9.17) is 9.47 Å². The number of aliphatic hydroxyl groups excluding tert-OH is 1. The second-order valence-electron chi connectivity index (χ2n) is 3.74. The van der Waals surface area contributed by atoms with Crippen molar-refractivity contribution in [1.29, 1.82) is 0 Å². The third-order valence-corrected chi connectivity index (χ3v) is 2.59. The smallest absolute Gasteiger partial charge is 0.122 e. The summed E-state index contributed by atoms with van der Waals surface area (Å²) >= 11 is 0.